The Balaban J connectivity index is 2.37. The molecular weight excluding hydrogens is 294 g/mol. The van der Waals surface area contributed by atoms with Crippen molar-refractivity contribution in [3.05, 3.63) is 0 Å². The maximum atomic E-state index is 12.0. The van der Waals surface area contributed by atoms with Crippen molar-refractivity contribution in [2.24, 2.45) is 11.1 Å². The van der Waals surface area contributed by atoms with Gasteiger partial charge in [0.15, 0.2) is 0 Å². The van der Waals surface area contributed by atoms with Crippen LogP contribution in [0.1, 0.15) is 40.0 Å². The number of likely N-dealkylation sites (tertiary alicyclic amines) is 1. The Hall–Kier alpha value is -0.240. The quantitative estimate of drug-likeness (QED) is 0.716. The second-order valence-electron chi connectivity index (χ2n) is 6.76. The largest absolute Gasteiger partial charge is 0.392 e. The normalized spacial score (nSPS) is 19.1. The number of nitrogens with zero attached hydrogens (tertiary/aromatic N) is 1. The van der Waals surface area contributed by atoms with Gasteiger partial charge in [0.05, 0.1) is 10.7 Å². The van der Waals surface area contributed by atoms with E-state index in [4.69, 9.17) is 18.0 Å². The molecule has 20 heavy (non-hydrogen) atoms. The molecule has 0 aromatic rings. The van der Waals surface area contributed by atoms with E-state index in [-0.39, 0.29) is 17.2 Å². The van der Waals surface area contributed by atoms with Crippen molar-refractivity contribution >= 4 is 27.2 Å². The van der Waals surface area contributed by atoms with Gasteiger partial charge >= 0.3 is 0 Å². The Kier molecular flexibility index (Phi) is 6.37. The smallest absolute Gasteiger partial charge is 0.211 e. The number of hydrogen-bond acceptors (Lipinski definition) is 4. The molecule has 118 valence electrons. The SMILES string of the molecule is CC(C)(C)CCS(=O)(=O)NC1CCN(CC(N)=S)CC1. The fourth-order valence-corrected chi connectivity index (χ4v) is 4.11. The van der Waals surface area contributed by atoms with Crippen LogP contribution in [0.2, 0.25) is 0 Å². The van der Waals surface area contributed by atoms with Gasteiger partial charge in [0.1, 0.15) is 0 Å². The van der Waals surface area contributed by atoms with Gasteiger partial charge in [0, 0.05) is 25.7 Å². The summed E-state index contributed by atoms with van der Waals surface area (Å²) in [5, 5.41) is 0. The third-order valence-corrected chi connectivity index (χ3v) is 5.00. The zero-order valence-electron chi connectivity index (χ0n) is 12.7. The van der Waals surface area contributed by atoms with E-state index in [0.717, 1.165) is 25.9 Å². The Morgan fingerprint density at radius 1 is 1.35 bits per heavy atom. The summed E-state index contributed by atoms with van der Waals surface area (Å²) in [6, 6.07) is 0.0440. The molecule has 5 nitrogen and oxygen atoms in total. The summed E-state index contributed by atoms with van der Waals surface area (Å²) < 4.78 is 26.9. The second kappa shape index (κ2) is 7.15. The molecule has 0 radical (unpaired) electrons. The molecule has 0 spiro atoms. The van der Waals surface area contributed by atoms with E-state index in [2.05, 4.69) is 30.4 Å². The Morgan fingerprint density at radius 3 is 2.35 bits per heavy atom. The second-order valence-corrected chi connectivity index (χ2v) is 9.16. The van der Waals surface area contributed by atoms with Crippen molar-refractivity contribution in [2.75, 3.05) is 25.4 Å². The van der Waals surface area contributed by atoms with Gasteiger partial charge in [-0.05, 0) is 24.7 Å². The molecular formula is C13H27N3O2S2. The summed E-state index contributed by atoms with van der Waals surface area (Å²) in [6.45, 7) is 8.45. The zero-order chi connectivity index (χ0) is 15.4. The van der Waals surface area contributed by atoms with Crippen LogP contribution in [0.5, 0.6) is 0 Å². The van der Waals surface area contributed by atoms with Gasteiger partial charge in [-0.3, -0.25) is 4.90 Å². The first kappa shape index (κ1) is 17.8. The van der Waals surface area contributed by atoms with Crippen molar-refractivity contribution in [1.29, 1.82) is 0 Å². The highest BCUT2D eigenvalue weighted by molar-refractivity contribution is 7.89. The van der Waals surface area contributed by atoms with E-state index in [1.807, 2.05) is 0 Å². The van der Waals surface area contributed by atoms with Crippen molar-refractivity contribution in [1.82, 2.24) is 9.62 Å². The molecule has 0 amide bonds. The van der Waals surface area contributed by atoms with Crippen LogP contribution in [0.3, 0.4) is 0 Å². The highest BCUT2D eigenvalue weighted by Crippen LogP contribution is 2.19. The summed E-state index contributed by atoms with van der Waals surface area (Å²) in [5.74, 6) is 0.198. The molecule has 7 heteroatoms. The molecule has 3 N–H and O–H groups in total. The topological polar surface area (TPSA) is 75.4 Å². The number of nitrogens with one attached hydrogen (secondary N) is 1. The first-order valence-electron chi connectivity index (χ1n) is 7.08. The van der Waals surface area contributed by atoms with Gasteiger partial charge in [-0.1, -0.05) is 33.0 Å². The van der Waals surface area contributed by atoms with Gasteiger partial charge in [-0.25, -0.2) is 13.1 Å². The Bertz CT molecular complexity index is 421. The predicted octanol–water partition coefficient (Wildman–Crippen LogP) is 1.09. The van der Waals surface area contributed by atoms with Crippen LogP contribution in [-0.2, 0) is 10.0 Å². The molecule has 1 saturated heterocycles. The van der Waals surface area contributed by atoms with E-state index in [1.54, 1.807) is 0 Å². The number of nitrogens with two attached hydrogens (primary N) is 1. The molecule has 1 heterocycles. The summed E-state index contributed by atoms with van der Waals surface area (Å²) in [5.41, 5.74) is 5.55. The maximum absolute atomic E-state index is 12.0. The minimum absolute atomic E-state index is 0.0366. The third-order valence-electron chi connectivity index (χ3n) is 3.43. The molecule has 0 unspecified atom stereocenters. The highest BCUT2D eigenvalue weighted by Gasteiger charge is 2.24. The number of rotatable bonds is 6. The summed E-state index contributed by atoms with van der Waals surface area (Å²) in [7, 11) is -3.17. The van der Waals surface area contributed by atoms with E-state index >= 15 is 0 Å². The molecule has 1 aliphatic rings. The van der Waals surface area contributed by atoms with Gasteiger partial charge in [0.25, 0.3) is 0 Å². The lowest BCUT2D eigenvalue weighted by Gasteiger charge is -2.32. The molecule has 0 atom stereocenters. The zero-order valence-corrected chi connectivity index (χ0v) is 14.3. The minimum Gasteiger partial charge on any atom is -0.392 e. The predicted molar refractivity (Wildman–Crippen MR) is 87.2 cm³/mol. The molecule has 1 fully saturated rings. The molecule has 1 rings (SSSR count). The van der Waals surface area contributed by atoms with E-state index in [0.29, 0.717) is 18.0 Å². The van der Waals surface area contributed by atoms with Crippen LogP contribution < -0.4 is 10.5 Å². The van der Waals surface area contributed by atoms with Crippen LogP contribution >= 0.6 is 12.2 Å². The maximum Gasteiger partial charge on any atom is 0.211 e. The van der Waals surface area contributed by atoms with Crippen molar-refractivity contribution in [3.63, 3.8) is 0 Å². The summed E-state index contributed by atoms with van der Waals surface area (Å²) in [6.07, 6.45) is 2.30. The van der Waals surface area contributed by atoms with Gasteiger partial charge in [-0.2, -0.15) is 0 Å². The Morgan fingerprint density at radius 2 is 1.90 bits per heavy atom. The van der Waals surface area contributed by atoms with Crippen LogP contribution in [0.15, 0.2) is 0 Å². The number of hydrogen-bond donors (Lipinski definition) is 2. The first-order chi connectivity index (χ1) is 9.07. The monoisotopic (exact) mass is 321 g/mol. The third kappa shape index (κ3) is 7.52. The van der Waals surface area contributed by atoms with Crippen molar-refractivity contribution in [3.8, 4) is 0 Å². The summed E-state index contributed by atoms with van der Waals surface area (Å²) in [4.78, 5) is 2.66. The molecule has 0 aromatic carbocycles. The molecule has 1 aliphatic heterocycles. The Labute approximate surface area is 128 Å². The fraction of sp³-hybridized carbons (Fsp3) is 0.923. The lowest BCUT2D eigenvalue weighted by atomic mass is 9.94. The van der Waals surface area contributed by atoms with Crippen LogP contribution in [-0.4, -0.2) is 49.7 Å². The number of sulfonamides is 1. The lowest BCUT2D eigenvalue weighted by Crippen LogP contribution is -2.47. The van der Waals surface area contributed by atoms with Crippen LogP contribution in [0.25, 0.3) is 0 Å². The van der Waals surface area contributed by atoms with Crippen LogP contribution in [0.4, 0.5) is 0 Å². The molecule has 0 aliphatic carbocycles. The number of piperidine rings is 1. The van der Waals surface area contributed by atoms with Gasteiger partial charge in [0.2, 0.25) is 10.0 Å². The summed E-state index contributed by atoms with van der Waals surface area (Å²) >= 11 is 4.89. The lowest BCUT2D eigenvalue weighted by molar-refractivity contribution is 0.232. The van der Waals surface area contributed by atoms with Crippen molar-refractivity contribution < 1.29 is 8.42 Å². The highest BCUT2D eigenvalue weighted by atomic mass is 32.2. The average molecular weight is 322 g/mol. The fourth-order valence-electron chi connectivity index (χ4n) is 2.18. The van der Waals surface area contributed by atoms with Crippen molar-refractivity contribution in [2.45, 2.75) is 46.1 Å². The van der Waals surface area contributed by atoms with E-state index in [9.17, 15) is 8.42 Å². The first-order valence-corrected chi connectivity index (χ1v) is 9.14. The molecule has 0 aromatic heterocycles. The number of thiocarbonyl (C=S) groups is 1. The standard InChI is InChI=1S/C13H27N3O2S2/c1-13(2,3)6-9-20(17,18)15-11-4-7-16(8-5-11)10-12(14)19/h11,15H,4-10H2,1-3H3,(H2,14,19). The van der Waals surface area contributed by atoms with E-state index < -0.39 is 10.0 Å². The van der Waals surface area contributed by atoms with Gasteiger partial charge < -0.3 is 5.73 Å². The van der Waals surface area contributed by atoms with Gasteiger partial charge in [-0.15, -0.1) is 0 Å². The van der Waals surface area contributed by atoms with E-state index in [1.165, 1.54) is 0 Å². The van der Waals surface area contributed by atoms with Crippen LogP contribution in [0, 0.1) is 5.41 Å². The minimum atomic E-state index is -3.17. The average Bonchev–Trinajstić information content (AvgIpc) is 2.28. The molecule has 0 bridgehead atoms. The molecule has 0 saturated carbocycles.